The summed E-state index contributed by atoms with van der Waals surface area (Å²) in [7, 11) is 0. The van der Waals surface area contributed by atoms with Crippen LogP contribution in [0.25, 0.3) is 5.70 Å². The molecule has 3 aromatic carbocycles. The molecule has 0 aromatic heterocycles. The molecule has 0 saturated heterocycles. The van der Waals surface area contributed by atoms with Gasteiger partial charge in [0.25, 0.3) is 0 Å². The number of hydrogen-bond acceptors (Lipinski definition) is 1. The largest absolute Gasteiger partial charge is 0.333 e. The first kappa shape index (κ1) is 15.7. The second kappa shape index (κ2) is 6.25. The highest BCUT2D eigenvalue weighted by Gasteiger charge is 2.42. The average molecular weight is 325 g/mol. The van der Waals surface area contributed by atoms with Gasteiger partial charge in [0.1, 0.15) is 0 Å². The van der Waals surface area contributed by atoms with Gasteiger partial charge in [0.15, 0.2) is 0 Å². The van der Waals surface area contributed by atoms with Gasteiger partial charge in [-0.3, -0.25) is 0 Å². The molecule has 0 aliphatic carbocycles. The molecule has 1 aliphatic heterocycles. The third-order valence-electron chi connectivity index (χ3n) is 4.95. The summed E-state index contributed by atoms with van der Waals surface area (Å²) in [6.07, 6.45) is 2.42. The first-order chi connectivity index (χ1) is 12.2. The zero-order valence-corrected chi connectivity index (χ0v) is 14.8. The van der Waals surface area contributed by atoms with Gasteiger partial charge >= 0.3 is 0 Å². The molecule has 1 heteroatoms. The van der Waals surface area contributed by atoms with Gasteiger partial charge < -0.3 is 4.90 Å². The van der Waals surface area contributed by atoms with Gasteiger partial charge in [-0.15, -0.1) is 0 Å². The van der Waals surface area contributed by atoms with E-state index in [0.717, 1.165) is 0 Å². The van der Waals surface area contributed by atoms with E-state index in [2.05, 4.69) is 116 Å². The van der Waals surface area contributed by atoms with E-state index in [-0.39, 0.29) is 11.5 Å². The molecule has 1 atom stereocenters. The molecule has 1 unspecified atom stereocenters. The number of rotatable bonds is 3. The molecule has 124 valence electrons. The second-order valence-electron chi connectivity index (χ2n) is 7.24. The third kappa shape index (κ3) is 2.87. The smallest absolute Gasteiger partial charge is 0.0677 e. The van der Waals surface area contributed by atoms with Crippen LogP contribution in [0, 0.1) is 5.41 Å². The second-order valence-corrected chi connectivity index (χ2v) is 7.24. The predicted molar refractivity (Wildman–Crippen MR) is 106 cm³/mol. The first-order valence-corrected chi connectivity index (χ1v) is 8.84. The zero-order valence-electron chi connectivity index (χ0n) is 14.8. The van der Waals surface area contributed by atoms with Gasteiger partial charge in [-0.2, -0.15) is 0 Å². The van der Waals surface area contributed by atoms with Crippen molar-refractivity contribution in [2.75, 3.05) is 4.90 Å². The number of para-hydroxylation sites is 1. The fraction of sp³-hybridized carbons (Fsp3) is 0.167. The summed E-state index contributed by atoms with van der Waals surface area (Å²) in [5, 5.41) is 0. The van der Waals surface area contributed by atoms with E-state index in [9.17, 15) is 0 Å². The third-order valence-corrected chi connectivity index (χ3v) is 4.95. The Labute approximate surface area is 150 Å². The lowest BCUT2D eigenvalue weighted by atomic mass is 9.82. The van der Waals surface area contributed by atoms with Gasteiger partial charge in [0.2, 0.25) is 0 Å². The normalized spacial score (nSPS) is 18.9. The zero-order chi connectivity index (χ0) is 17.3. The Hall–Kier alpha value is -2.80. The minimum absolute atomic E-state index is 0.0301. The Balaban J connectivity index is 1.90. The van der Waals surface area contributed by atoms with Crippen LogP contribution in [0.1, 0.15) is 31.0 Å². The van der Waals surface area contributed by atoms with Gasteiger partial charge in [-0.1, -0.05) is 98.8 Å². The van der Waals surface area contributed by atoms with Crippen molar-refractivity contribution in [1.29, 1.82) is 0 Å². The lowest BCUT2D eigenvalue weighted by Gasteiger charge is -2.36. The van der Waals surface area contributed by atoms with Crippen molar-refractivity contribution in [1.82, 2.24) is 0 Å². The molecule has 1 nitrogen and oxygen atoms in total. The molecule has 1 heterocycles. The van der Waals surface area contributed by atoms with Crippen molar-refractivity contribution in [3.8, 4) is 0 Å². The summed E-state index contributed by atoms with van der Waals surface area (Å²) in [5.41, 5.74) is 5.15. The maximum absolute atomic E-state index is 2.49. The minimum atomic E-state index is 0.0301. The van der Waals surface area contributed by atoms with Crippen molar-refractivity contribution in [2.24, 2.45) is 5.41 Å². The molecule has 0 bridgehead atoms. The molecule has 0 N–H and O–H groups in total. The highest BCUT2D eigenvalue weighted by Crippen LogP contribution is 2.52. The number of hydrogen-bond donors (Lipinski definition) is 0. The minimum Gasteiger partial charge on any atom is -0.333 e. The average Bonchev–Trinajstić information content (AvgIpc) is 2.95. The molecule has 0 fully saturated rings. The summed E-state index contributed by atoms with van der Waals surface area (Å²) in [4.78, 5) is 2.49. The van der Waals surface area contributed by atoms with E-state index in [1.54, 1.807) is 0 Å². The fourth-order valence-corrected chi connectivity index (χ4v) is 3.89. The van der Waals surface area contributed by atoms with E-state index in [1.807, 2.05) is 0 Å². The summed E-state index contributed by atoms with van der Waals surface area (Å²) in [6, 6.07) is 32.5. The molecule has 4 rings (SSSR count). The summed E-state index contributed by atoms with van der Waals surface area (Å²) >= 11 is 0. The maximum atomic E-state index is 2.49. The van der Waals surface area contributed by atoms with Crippen LogP contribution in [0.15, 0.2) is 97.1 Å². The van der Waals surface area contributed by atoms with E-state index in [4.69, 9.17) is 0 Å². The molecule has 0 spiro atoms. The standard InChI is InChI=1S/C24H23N/c1-24(2)18-22(19-12-6-3-7-13-19)25(21-16-10-5-11-17-21)23(24)20-14-8-4-9-15-20/h3-18,23H,1-2H3. The molecule has 25 heavy (non-hydrogen) atoms. The van der Waals surface area contributed by atoms with Crippen LogP contribution in [-0.2, 0) is 0 Å². The van der Waals surface area contributed by atoms with Gasteiger partial charge in [0, 0.05) is 16.8 Å². The highest BCUT2D eigenvalue weighted by molar-refractivity contribution is 5.84. The van der Waals surface area contributed by atoms with Crippen LogP contribution in [0.4, 0.5) is 5.69 Å². The topological polar surface area (TPSA) is 3.24 Å². The van der Waals surface area contributed by atoms with Crippen LogP contribution in [0.3, 0.4) is 0 Å². The highest BCUT2D eigenvalue weighted by atomic mass is 15.2. The van der Waals surface area contributed by atoms with Crippen LogP contribution < -0.4 is 4.90 Å². The molecular weight excluding hydrogens is 302 g/mol. The predicted octanol–water partition coefficient (Wildman–Crippen LogP) is 6.32. The summed E-state index contributed by atoms with van der Waals surface area (Å²) < 4.78 is 0. The lowest BCUT2D eigenvalue weighted by Crippen LogP contribution is -2.30. The van der Waals surface area contributed by atoms with Gasteiger partial charge in [-0.25, -0.2) is 0 Å². The van der Waals surface area contributed by atoms with Crippen LogP contribution in [0.2, 0.25) is 0 Å². The molecule has 1 aliphatic rings. The molecule has 0 saturated carbocycles. The fourth-order valence-electron chi connectivity index (χ4n) is 3.89. The molecular formula is C24H23N. The Morgan fingerprint density at radius 2 is 1.20 bits per heavy atom. The van der Waals surface area contributed by atoms with Crippen molar-refractivity contribution < 1.29 is 0 Å². The maximum Gasteiger partial charge on any atom is 0.0677 e. The molecule has 3 aromatic rings. The number of anilines is 1. The first-order valence-electron chi connectivity index (χ1n) is 8.84. The van der Waals surface area contributed by atoms with E-state index >= 15 is 0 Å². The molecule has 0 amide bonds. The van der Waals surface area contributed by atoms with Crippen molar-refractivity contribution >= 4 is 11.4 Å². The van der Waals surface area contributed by atoms with Crippen LogP contribution >= 0.6 is 0 Å². The van der Waals surface area contributed by atoms with E-state index in [0.29, 0.717) is 0 Å². The lowest BCUT2D eigenvalue weighted by molar-refractivity contribution is 0.401. The van der Waals surface area contributed by atoms with Crippen LogP contribution in [0.5, 0.6) is 0 Å². The number of benzene rings is 3. The summed E-state index contributed by atoms with van der Waals surface area (Å²) in [5.74, 6) is 0. The quantitative estimate of drug-likeness (QED) is 0.545. The van der Waals surface area contributed by atoms with Gasteiger partial charge in [0.05, 0.1) is 6.04 Å². The van der Waals surface area contributed by atoms with E-state index < -0.39 is 0 Å². The van der Waals surface area contributed by atoms with Gasteiger partial charge in [-0.05, 0) is 23.3 Å². The van der Waals surface area contributed by atoms with Crippen molar-refractivity contribution in [3.63, 3.8) is 0 Å². The molecule has 0 radical (unpaired) electrons. The Morgan fingerprint density at radius 1 is 0.680 bits per heavy atom. The Morgan fingerprint density at radius 3 is 1.80 bits per heavy atom. The van der Waals surface area contributed by atoms with E-state index in [1.165, 1.54) is 22.5 Å². The van der Waals surface area contributed by atoms with Crippen LogP contribution in [-0.4, -0.2) is 0 Å². The Kier molecular flexibility index (Phi) is 3.93. The summed E-state index contributed by atoms with van der Waals surface area (Å²) in [6.45, 7) is 4.66. The van der Waals surface area contributed by atoms with Crippen molar-refractivity contribution in [2.45, 2.75) is 19.9 Å². The monoisotopic (exact) mass is 325 g/mol. The SMILES string of the molecule is CC1(C)C=C(c2ccccc2)N(c2ccccc2)C1c1ccccc1. The van der Waals surface area contributed by atoms with Crippen molar-refractivity contribution in [3.05, 3.63) is 108 Å². The Bertz CT molecular complexity index is 864. The number of nitrogens with zero attached hydrogens (tertiary/aromatic N) is 1.